The van der Waals surface area contributed by atoms with Gasteiger partial charge in [-0.15, -0.1) is 11.3 Å². The molecule has 0 saturated carbocycles. The summed E-state index contributed by atoms with van der Waals surface area (Å²) in [6.45, 7) is 0.967. The first-order chi connectivity index (χ1) is 12.0. The van der Waals surface area contributed by atoms with Gasteiger partial charge in [-0.25, -0.2) is 12.7 Å². The number of hydrogen-bond donors (Lipinski definition) is 1. The highest BCUT2D eigenvalue weighted by Gasteiger charge is 2.21. The summed E-state index contributed by atoms with van der Waals surface area (Å²) >= 11 is 1.20. The van der Waals surface area contributed by atoms with Gasteiger partial charge >= 0.3 is 0 Å². The standard InChI is InChI=1S/C18H24N2O3S2/c1-20(25(22,23)18-12-7-15-24-18)14-6-11-17(21)19-13-5-10-16-8-3-2-4-9-16/h2-4,7-9,12,15H,5-6,10-11,13-14H2,1H3,(H,19,21). The SMILES string of the molecule is CN(CCCC(=O)NCCCc1ccccc1)S(=O)(=O)c1cccs1. The molecule has 2 aromatic rings. The third kappa shape index (κ3) is 6.26. The lowest BCUT2D eigenvalue weighted by molar-refractivity contribution is -0.121. The summed E-state index contributed by atoms with van der Waals surface area (Å²) in [6, 6.07) is 13.5. The summed E-state index contributed by atoms with van der Waals surface area (Å²) in [5.41, 5.74) is 1.26. The number of aryl methyl sites for hydroxylation is 1. The van der Waals surface area contributed by atoms with Crippen molar-refractivity contribution in [2.75, 3.05) is 20.1 Å². The number of nitrogens with zero attached hydrogens (tertiary/aromatic N) is 1. The lowest BCUT2D eigenvalue weighted by Crippen LogP contribution is -2.29. The Morgan fingerprint density at radius 3 is 2.56 bits per heavy atom. The molecule has 0 atom stereocenters. The normalized spacial score (nSPS) is 11.6. The molecule has 136 valence electrons. The van der Waals surface area contributed by atoms with Crippen molar-refractivity contribution in [2.24, 2.45) is 0 Å². The Labute approximate surface area is 153 Å². The first-order valence-corrected chi connectivity index (χ1v) is 10.6. The molecule has 2 rings (SSSR count). The van der Waals surface area contributed by atoms with Crippen LogP contribution < -0.4 is 5.32 Å². The molecule has 7 heteroatoms. The van der Waals surface area contributed by atoms with Crippen molar-refractivity contribution in [2.45, 2.75) is 29.9 Å². The molecule has 0 spiro atoms. The number of carbonyl (C=O) groups is 1. The van der Waals surface area contributed by atoms with Gasteiger partial charge in [0.05, 0.1) is 0 Å². The maximum Gasteiger partial charge on any atom is 0.252 e. The van der Waals surface area contributed by atoms with Gasteiger partial charge in [0.25, 0.3) is 10.0 Å². The minimum Gasteiger partial charge on any atom is -0.356 e. The van der Waals surface area contributed by atoms with E-state index >= 15 is 0 Å². The minimum absolute atomic E-state index is 0.0324. The highest BCUT2D eigenvalue weighted by Crippen LogP contribution is 2.19. The second-order valence-electron chi connectivity index (χ2n) is 5.80. The van der Waals surface area contributed by atoms with E-state index in [2.05, 4.69) is 17.4 Å². The fraction of sp³-hybridized carbons (Fsp3) is 0.389. The van der Waals surface area contributed by atoms with Crippen LogP contribution in [0.15, 0.2) is 52.1 Å². The number of rotatable bonds is 10. The van der Waals surface area contributed by atoms with E-state index in [4.69, 9.17) is 0 Å². The lowest BCUT2D eigenvalue weighted by Gasteiger charge is -2.15. The Kier molecular flexibility index (Phi) is 7.61. The van der Waals surface area contributed by atoms with E-state index in [1.165, 1.54) is 21.2 Å². The maximum absolute atomic E-state index is 12.3. The van der Waals surface area contributed by atoms with Crippen LogP contribution in [0.25, 0.3) is 0 Å². The van der Waals surface area contributed by atoms with E-state index in [-0.39, 0.29) is 5.91 Å². The highest BCUT2D eigenvalue weighted by molar-refractivity contribution is 7.91. The van der Waals surface area contributed by atoms with Crippen molar-refractivity contribution in [3.8, 4) is 0 Å². The van der Waals surface area contributed by atoms with E-state index in [1.54, 1.807) is 24.6 Å². The molecule has 0 aliphatic heterocycles. The first kappa shape index (κ1) is 19.6. The molecule has 25 heavy (non-hydrogen) atoms. The lowest BCUT2D eigenvalue weighted by atomic mass is 10.1. The topological polar surface area (TPSA) is 66.5 Å². The Morgan fingerprint density at radius 2 is 1.88 bits per heavy atom. The summed E-state index contributed by atoms with van der Waals surface area (Å²) < 4.78 is 26.1. The van der Waals surface area contributed by atoms with Crippen molar-refractivity contribution >= 4 is 27.3 Å². The molecule has 5 nitrogen and oxygen atoms in total. The first-order valence-electron chi connectivity index (χ1n) is 8.30. The molecular formula is C18H24N2O3S2. The summed E-state index contributed by atoms with van der Waals surface area (Å²) in [4.78, 5) is 11.8. The molecule has 0 fully saturated rings. The monoisotopic (exact) mass is 380 g/mol. The Balaban J connectivity index is 1.62. The summed E-state index contributed by atoms with van der Waals surface area (Å²) in [5, 5.41) is 4.63. The molecule has 0 radical (unpaired) electrons. The molecule has 0 aliphatic carbocycles. The molecule has 1 heterocycles. The van der Waals surface area contributed by atoms with Crippen LogP contribution in [-0.4, -0.2) is 38.8 Å². The second kappa shape index (κ2) is 9.70. The number of hydrogen-bond acceptors (Lipinski definition) is 4. The van der Waals surface area contributed by atoms with Crippen molar-refractivity contribution < 1.29 is 13.2 Å². The number of thiophene rings is 1. The van der Waals surface area contributed by atoms with Gasteiger partial charge < -0.3 is 5.32 Å². The molecule has 1 aromatic heterocycles. The zero-order valence-electron chi connectivity index (χ0n) is 14.3. The van der Waals surface area contributed by atoms with E-state index in [1.807, 2.05) is 18.2 Å². The molecular weight excluding hydrogens is 356 g/mol. The minimum atomic E-state index is -3.42. The van der Waals surface area contributed by atoms with Crippen LogP contribution >= 0.6 is 11.3 Å². The fourth-order valence-corrected chi connectivity index (χ4v) is 4.81. The number of sulfonamides is 1. The molecule has 1 aromatic carbocycles. The molecule has 1 amide bonds. The van der Waals surface area contributed by atoms with Crippen LogP contribution in [-0.2, 0) is 21.2 Å². The predicted molar refractivity (Wildman–Crippen MR) is 101 cm³/mol. The fourth-order valence-electron chi connectivity index (χ4n) is 2.40. The number of carbonyl (C=O) groups excluding carboxylic acids is 1. The van der Waals surface area contributed by atoms with Crippen LogP contribution in [0.2, 0.25) is 0 Å². The average molecular weight is 381 g/mol. The van der Waals surface area contributed by atoms with E-state index < -0.39 is 10.0 Å². The van der Waals surface area contributed by atoms with Crippen molar-refractivity contribution in [1.29, 1.82) is 0 Å². The van der Waals surface area contributed by atoms with E-state index in [9.17, 15) is 13.2 Å². The zero-order chi connectivity index (χ0) is 18.1. The quantitative estimate of drug-likeness (QED) is 0.645. The molecule has 1 N–H and O–H groups in total. The van der Waals surface area contributed by atoms with Crippen LogP contribution in [0.5, 0.6) is 0 Å². The summed E-state index contributed by atoms with van der Waals surface area (Å²) in [5.74, 6) is -0.0324. The second-order valence-corrected chi connectivity index (χ2v) is 9.02. The Morgan fingerprint density at radius 1 is 1.12 bits per heavy atom. The van der Waals surface area contributed by atoms with E-state index in [0.29, 0.717) is 30.1 Å². The number of nitrogens with one attached hydrogen (secondary N) is 1. The maximum atomic E-state index is 12.3. The molecule has 0 aliphatic rings. The van der Waals surface area contributed by atoms with Gasteiger partial charge in [0, 0.05) is 26.6 Å². The third-order valence-electron chi connectivity index (χ3n) is 3.84. The highest BCUT2D eigenvalue weighted by atomic mass is 32.2. The van der Waals surface area contributed by atoms with Crippen molar-refractivity contribution in [1.82, 2.24) is 9.62 Å². The largest absolute Gasteiger partial charge is 0.356 e. The zero-order valence-corrected chi connectivity index (χ0v) is 16.0. The average Bonchev–Trinajstić information content (AvgIpc) is 3.15. The van der Waals surface area contributed by atoms with Crippen LogP contribution in [0.3, 0.4) is 0 Å². The van der Waals surface area contributed by atoms with Gasteiger partial charge in [0.15, 0.2) is 0 Å². The molecule has 0 bridgehead atoms. The summed E-state index contributed by atoms with van der Waals surface area (Å²) in [7, 11) is -1.88. The Hall–Kier alpha value is -1.70. The number of benzene rings is 1. The van der Waals surface area contributed by atoms with Gasteiger partial charge in [-0.05, 0) is 36.3 Å². The van der Waals surface area contributed by atoms with Crippen molar-refractivity contribution in [3.05, 3.63) is 53.4 Å². The van der Waals surface area contributed by atoms with Crippen molar-refractivity contribution in [3.63, 3.8) is 0 Å². The smallest absolute Gasteiger partial charge is 0.252 e. The third-order valence-corrected chi connectivity index (χ3v) is 7.07. The Bertz CT molecular complexity index is 744. The van der Waals surface area contributed by atoms with Gasteiger partial charge in [-0.1, -0.05) is 36.4 Å². The van der Waals surface area contributed by atoms with Gasteiger partial charge in [0.2, 0.25) is 5.91 Å². The van der Waals surface area contributed by atoms with Crippen LogP contribution in [0, 0.1) is 0 Å². The van der Waals surface area contributed by atoms with Gasteiger partial charge in [-0.3, -0.25) is 4.79 Å². The molecule has 0 saturated heterocycles. The number of amides is 1. The van der Waals surface area contributed by atoms with Gasteiger partial charge in [0.1, 0.15) is 4.21 Å². The van der Waals surface area contributed by atoms with Gasteiger partial charge in [-0.2, -0.15) is 0 Å². The predicted octanol–water partition coefficient (Wildman–Crippen LogP) is 2.90. The van der Waals surface area contributed by atoms with Crippen LogP contribution in [0.4, 0.5) is 0 Å². The van der Waals surface area contributed by atoms with E-state index in [0.717, 1.165) is 12.8 Å². The molecule has 0 unspecified atom stereocenters. The summed E-state index contributed by atoms with van der Waals surface area (Å²) in [6.07, 6.45) is 2.66. The van der Waals surface area contributed by atoms with Crippen LogP contribution in [0.1, 0.15) is 24.8 Å².